The Kier molecular flexibility index (Phi) is 4.67. The Balaban J connectivity index is 1.52. The van der Waals surface area contributed by atoms with E-state index in [-0.39, 0.29) is 24.3 Å². The molecule has 0 aliphatic carbocycles. The third-order valence-corrected chi connectivity index (χ3v) is 4.88. The van der Waals surface area contributed by atoms with Gasteiger partial charge >= 0.3 is 11.7 Å². The monoisotopic (exact) mass is 413 g/mol. The topological polar surface area (TPSA) is 101 Å². The Hall–Kier alpha value is -3.46. The van der Waals surface area contributed by atoms with Gasteiger partial charge < -0.3 is 9.30 Å². The van der Waals surface area contributed by atoms with Crippen molar-refractivity contribution in [2.75, 3.05) is 6.61 Å². The lowest BCUT2D eigenvalue weighted by molar-refractivity contribution is 0.0492. The molecule has 0 amide bonds. The number of rotatable bonds is 4. The number of carbonyl (C=O) groups is 1. The van der Waals surface area contributed by atoms with Crippen molar-refractivity contribution in [1.82, 2.24) is 23.7 Å². The average Bonchev–Trinajstić information content (AvgIpc) is 3.14. The molecule has 1 aromatic carbocycles. The first kappa shape index (κ1) is 18.9. The van der Waals surface area contributed by atoms with Crippen LogP contribution in [0.5, 0.6) is 0 Å². The van der Waals surface area contributed by atoms with Crippen molar-refractivity contribution < 1.29 is 9.53 Å². The fourth-order valence-electron chi connectivity index (χ4n) is 3.11. The minimum atomic E-state index is -0.494. The number of ether oxygens (including phenoxy) is 1. The van der Waals surface area contributed by atoms with Gasteiger partial charge in [-0.3, -0.25) is 13.9 Å². The van der Waals surface area contributed by atoms with E-state index in [0.29, 0.717) is 16.2 Å². The zero-order valence-corrected chi connectivity index (χ0v) is 16.4. The maximum atomic E-state index is 12.4. The van der Waals surface area contributed by atoms with Crippen LogP contribution in [0, 0.1) is 0 Å². The van der Waals surface area contributed by atoms with Crippen molar-refractivity contribution in [3.05, 3.63) is 68.2 Å². The Labute approximate surface area is 168 Å². The van der Waals surface area contributed by atoms with Crippen molar-refractivity contribution in [2.24, 2.45) is 14.1 Å². The van der Waals surface area contributed by atoms with Crippen LogP contribution in [-0.2, 0) is 25.4 Å². The van der Waals surface area contributed by atoms with Gasteiger partial charge in [-0.15, -0.1) is 0 Å². The summed E-state index contributed by atoms with van der Waals surface area (Å²) in [7, 11) is 2.95. The number of esters is 1. The molecule has 3 heterocycles. The van der Waals surface area contributed by atoms with Gasteiger partial charge in [-0.2, -0.15) is 0 Å². The van der Waals surface area contributed by atoms with E-state index in [1.165, 1.54) is 17.9 Å². The zero-order chi connectivity index (χ0) is 20.7. The number of carbonyl (C=O) groups excluding carboxylic acids is 1. The number of hydrogen-bond donors (Lipinski definition) is 0. The highest BCUT2D eigenvalue weighted by Gasteiger charge is 2.15. The van der Waals surface area contributed by atoms with Crippen LogP contribution in [0.15, 0.2) is 46.2 Å². The second-order valence-corrected chi connectivity index (χ2v) is 6.88. The maximum Gasteiger partial charge on any atom is 0.338 e. The third-order valence-electron chi connectivity index (χ3n) is 4.67. The van der Waals surface area contributed by atoms with Gasteiger partial charge in [0.25, 0.3) is 5.56 Å². The molecule has 29 heavy (non-hydrogen) atoms. The van der Waals surface area contributed by atoms with Crippen molar-refractivity contribution >= 4 is 39.6 Å². The number of aromatic nitrogens is 5. The van der Waals surface area contributed by atoms with Crippen LogP contribution in [-0.4, -0.2) is 36.2 Å². The average molecular weight is 414 g/mol. The molecule has 0 atom stereocenters. The smallest absolute Gasteiger partial charge is 0.338 e. The summed E-state index contributed by atoms with van der Waals surface area (Å²) in [5, 5.41) is 1.15. The van der Waals surface area contributed by atoms with Crippen LogP contribution in [0.2, 0.25) is 5.15 Å². The van der Waals surface area contributed by atoms with Gasteiger partial charge in [0.1, 0.15) is 11.8 Å². The second-order valence-electron chi connectivity index (χ2n) is 6.49. The predicted octanol–water partition coefficient (Wildman–Crippen LogP) is 1.49. The van der Waals surface area contributed by atoms with E-state index in [0.717, 1.165) is 9.95 Å². The summed E-state index contributed by atoms with van der Waals surface area (Å²) < 4.78 is 9.22. The molecule has 0 aliphatic rings. The summed E-state index contributed by atoms with van der Waals surface area (Å²) in [4.78, 5) is 45.1. The van der Waals surface area contributed by atoms with Crippen LogP contribution in [0.3, 0.4) is 0 Å². The third kappa shape index (κ3) is 3.29. The number of nitrogens with zero attached hydrogens (tertiary/aromatic N) is 5. The van der Waals surface area contributed by atoms with Gasteiger partial charge in [-0.25, -0.2) is 19.6 Å². The van der Waals surface area contributed by atoms with E-state index in [2.05, 4.69) is 9.97 Å². The Morgan fingerprint density at radius 3 is 2.72 bits per heavy atom. The first-order valence-corrected chi connectivity index (χ1v) is 9.09. The largest absolute Gasteiger partial charge is 0.460 e. The maximum absolute atomic E-state index is 12.4. The molecule has 0 saturated carbocycles. The van der Waals surface area contributed by atoms with E-state index in [4.69, 9.17) is 16.3 Å². The summed E-state index contributed by atoms with van der Waals surface area (Å²) in [5.74, 6) is -0.494. The molecule has 0 N–H and O–H groups in total. The molecule has 0 aliphatic heterocycles. The minimum Gasteiger partial charge on any atom is -0.460 e. The lowest BCUT2D eigenvalue weighted by Crippen LogP contribution is -2.37. The van der Waals surface area contributed by atoms with E-state index < -0.39 is 17.2 Å². The van der Waals surface area contributed by atoms with Gasteiger partial charge in [0.15, 0.2) is 11.2 Å². The normalized spacial score (nSPS) is 11.3. The molecule has 3 aromatic heterocycles. The molecule has 0 bridgehead atoms. The van der Waals surface area contributed by atoms with Gasteiger partial charge in [0.05, 0.1) is 24.0 Å². The fourth-order valence-corrected chi connectivity index (χ4v) is 3.27. The van der Waals surface area contributed by atoms with E-state index >= 15 is 0 Å². The number of aryl methyl sites for hydroxylation is 1. The van der Waals surface area contributed by atoms with Gasteiger partial charge in [-0.05, 0) is 30.3 Å². The summed E-state index contributed by atoms with van der Waals surface area (Å²) in [6.45, 7) is 0.258. The van der Waals surface area contributed by atoms with Crippen molar-refractivity contribution in [1.29, 1.82) is 0 Å². The Morgan fingerprint density at radius 2 is 1.93 bits per heavy atom. The van der Waals surface area contributed by atoms with Crippen molar-refractivity contribution in [3.63, 3.8) is 0 Å². The molecule has 4 aromatic rings. The molecule has 0 fully saturated rings. The molecule has 148 valence electrons. The van der Waals surface area contributed by atoms with Crippen LogP contribution in [0.25, 0.3) is 22.1 Å². The molecule has 0 radical (unpaired) electrons. The standard InChI is InChI=1S/C19H16ClN5O4/c1-23-16-15(17(26)24(2)19(23)28)25(10-21-16)7-8-29-18(27)12-3-5-13-11(9-12)4-6-14(20)22-13/h3-6,9-10H,7-8H2,1-2H3. The zero-order valence-electron chi connectivity index (χ0n) is 15.6. The lowest BCUT2D eigenvalue weighted by Gasteiger charge is -2.08. The van der Waals surface area contributed by atoms with Crippen LogP contribution in [0.1, 0.15) is 10.4 Å². The number of hydrogen-bond acceptors (Lipinski definition) is 6. The molecule has 4 rings (SSSR count). The highest BCUT2D eigenvalue weighted by atomic mass is 35.5. The van der Waals surface area contributed by atoms with E-state index in [1.807, 2.05) is 0 Å². The number of benzene rings is 1. The minimum absolute atomic E-state index is 0.0349. The molecule has 0 spiro atoms. The summed E-state index contributed by atoms with van der Waals surface area (Å²) in [5.41, 5.74) is 0.721. The first-order chi connectivity index (χ1) is 13.9. The Bertz CT molecular complexity index is 1390. The number of pyridine rings is 1. The van der Waals surface area contributed by atoms with E-state index in [9.17, 15) is 14.4 Å². The van der Waals surface area contributed by atoms with Crippen molar-refractivity contribution in [3.8, 4) is 0 Å². The van der Waals surface area contributed by atoms with Crippen LogP contribution < -0.4 is 11.2 Å². The van der Waals surface area contributed by atoms with Crippen LogP contribution in [0.4, 0.5) is 0 Å². The quantitative estimate of drug-likeness (QED) is 0.371. The molecular formula is C19H16ClN5O4. The van der Waals surface area contributed by atoms with Gasteiger partial charge in [0.2, 0.25) is 0 Å². The summed E-state index contributed by atoms with van der Waals surface area (Å²) in [6.07, 6.45) is 1.45. The SMILES string of the molecule is Cn1c(=O)c2c(ncn2CCOC(=O)c2ccc3nc(Cl)ccc3c2)n(C)c1=O. The van der Waals surface area contributed by atoms with E-state index in [1.54, 1.807) is 41.9 Å². The highest BCUT2D eigenvalue weighted by Crippen LogP contribution is 2.17. The highest BCUT2D eigenvalue weighted by molar-refractivity contribution is 6.29. The molecular weight excluding hydrogens is 398 g/mol. The summed E-state index contributed by atoms with van der Waals surface area (Å²) in [6, 6.07) is 8.42. The molecule has 9 nitrogen and oxygen atoms in total. The number of imidazole rings is 1. The molecule has 0 unspecified atom stereocenters. The molecule has 10 heteroatoms. The first-order valence-electron chi connectivity index (χ1n) is 8.71. The Morgan fingerprint density at radius 1 is 1.14 bits per heavy atom. The van der Waals surface area contributed by atoms with Crippen LogP contribution >= 0.6 is 11.6 Å². The molecule has 0 saturated heterocycles. The second kappa shape index (κ2) is 7.17. The fraction of sp³-hybridized carbons (Fsp3) is 0.211. The van der Waals surface area contributed by atoms with Gasteiger partial charge in [0, 0.05) is 19.5 Å². The summed E-state index contributed by atoms with van der Waals surface area (Å²) >= 11 is 5.87. The number of fused-ring (bicyclic) bond motifs is 2. The van der Waals surface area contributed by atoms with Crippen molar-refractivity contribution in [2.45, 2.75) is 6.54 Å². The predicted molar refractivity (Wildman–Crippen MR) is 107 cm³/mol. The lowest BCUT2D eigenvalue weighted by atomic mass is 10.1. The van der Waals surface area contributed by atoms with Gasteiger partial charge in [-0.1, -0.05) is 11.6 Å². The number of halogens is 1.